The molecule has 0 fully saturated rings. The van der Waals surface area contributed by atoms with Crippen LogP contribution in [-0.2, 0) is 28.4 Å². The Bertz CT molecular complexity index is 1490. The van der Waals surface area contributed by atoms with E-state index < -0.39 is 22.0 Å². The molecule has 3 atom stereocenters. The van der Waals surface area contributed by atoms with Crippen LogP contribution in [0.5, 0.6) is 0 Å². The van der Waals surface area contributed by atoms with Gasteiger partial charge in [0.15, 0.2) is 0 Å². The Morgan fingerprint density at radius 3 is 1.74 bits per heavy atom. The van der Waals surface area contributed by atoms with Crippen LogP contribution in [0.4, 0.5) is 0 Å². The number of aromatic nitrogens is 2. The van der Waals surface area contributed by atoms with E-state index in [1.165, 1.54) is 11.8 Å². The van der Waals surface area contributed by atoms with Crippen LogP contribution in [0.1, 0.15) is 70.1 Å². The molecule has 2 aromatic heterocycles. The van der Waals surface area contributed by atoms with Gasteiger partial charge in [-0.3, -0.25) is 9.97 Å². The van der Waals surface area contributed by atoms with Crippen LogP contribution < -0.4 is 17.1 Å². The van der Waals surface area contributed by atoms with Crippen LogP contribution >= 0.6 is 31.9 Å². The first kappa shape index (κ1) is 44.6. The Balaban J connectivity index is 0.000000730. The van der Waals surface area contributed by atoms with Gasteiger partial charge < -0.3 is 12.4 Å². The minimum atomic E-state index is -1.23. The van der Waals surface area contributed by atoms with Crippen molar-refractivity contribution in [2.24, 2.45) is 4.40 Å². The monoisotopic (exact) mass is 818 g/mol. The van der Waals surface area contributed by atoms with Gasteiger partial charge in [-0.05, 0) is 110 Å². The number of halogens is 3. The molecule has 4 aromatic rings. The summed E-state index contributed by atoms with van der Waals surface area (Å²) >= 11 is 6.69. The largest absolute Gasteiger partial charge is 2.00 e. The molecule has 0 bridgehead atoms. The summed E-state index contributed by atoms with van der Waals surface area (Å²) in [6.07, 6.45) is 5.74. The number of benzene rings is 2. The van der Waals surface area contributed by atoms with Crippen LogP contribution in [0.2, 0.25) is 0 Å². The van der Waals surface area contributed by atoms with Gasteiger partial charge >= 0.3 is 23.1 Å². The smallest absolute Gasteiger partial charge is 1.00 e. The molecule has 0 saturated heterocycles. The molecule has 4 rings (SSSR count). The number of nitrogens with one attached hydrogen (secondary N) is 1. The zero-order valence-corrected chi connectivity index (χ0v) is 34.1. The minimum Gasteiger partial charge on any atom is -1.00 e. The third-order valence-electron chi connectivity index (χ3n) is 5.59. The van der Waals surface area contributed by atoms with Crippen molar-refractivity contribution in [1.29, 1.82) is 0 Å². The molecule has 0 aliphatic heterocycles. The van der Waals surface area contributed by atoms with Gasteiger partial charge in [0.25, 0.3) is 0 Å². The van der Waals surface area contributed by atoms with Crippen LogP contribution in [-0.4, -0.2) is 57.1 Å². The first-order valence-electron chi connectivity index (χ1n) is 13.9. The SMILES string of the molecule is CC(C)(C)[S@](=O)N=Cc1ccc(Br)cn1.CC(C)(C)[S@](=O)N[C@@H](Cc1ccccc1)c1ccc(Br)cn1.[CH2-]c1ccccc1.[Cl-].[Mg+2]. The topological polar surface area (TPSA) is 84.3 Å². The first-order valence-corrected chi connectivity index (χ1v) is 17.8. The third-order valence-corrected chi connectivity index (χ3v) is 9.49. The Morgan fingerprint density at radius 1 is 0.804 bits per heavy atom. The molecule has 0 aliphatic carbocycles. The van der Waals surface area contributed by atoms with Gasteiger partial charge in [0.05, 0.1) is 44.1 Å². The second kappa shape index (κ2) is 22.2. The maximum atomic E-state index is 12.5. The van der Waals surface area contributed by atoms with Gasteiger partial charge in [-0.15, -0.1) is 12.1 Å². The molecule has 244 valence electrons. The molecule has 0 aliphatic rings. The average molecular weight is 821 g/mol. The molecule has 0 amide bonds. The summed E-state index contributed by atoms with van der Waals surface area (Å²) in [5.41, 5.74) is 3.86. The molecule has 0 saturated carbocycles. The van der Waals surface area contributed by atoms with E-state index in [1.807, 2.05) is 114 Å². The molecular weight excluding hydrogens is 780 g/mol. The molecule has 6 nitrogen and oxygen atoms in total. The predicted octanol–water partition coefficient (Wildman–Crippen LogP) is 5.40. The van der Waals surface area contributed by atoms with Crippen molar-refractivity contribution < 1.29 is 20.8 Å². The molecule has 46 heavy (non-hydrogen) atoms. The molecule has 2 aromatic carbocycles. The fourth-order valence-electron chi connectivity index (χ4n) is 3.16. The summed E-state index contributed by atoms with van der Waals surface area (Å²) in [6.45, 7) is 15.3. The second-order valence-corrected chi connectivity index (χ2v) is 17.4. The van der Waals surface area contributed by atoms with Crippen molar-refractivity contribution in [2.75, 3.05) is 0 Å². The Hall–Kier alpha value is -1.44. The Kier molecular flexibility index (Phi) is 21.5. The summed E-state index contributed by atoms with van der Waals surface area (Å²) in [5.74, 6) is 0. The molecule has 0 spiro atoms. The Morgan fingerprint density at radius 2 is 1.33 bits per heavy atom. The molecule has 12 heteroatoms. The van der Waals surface area contributed by atoms with E-state index >= 15 is 0 Å². The number of nitrogens with zero attached hydrogens (tertiary/aromatic N) is 3. The maximum Gasteiger partial charge on any atom is 2.00 e. The van der Waals surface area contributed by atoms with Crippen LogP contribution in [0.15, 0.2) is 111 Å². The molecular formula is C34H41Br2ClMgN4O2S2. The van der Waals surface area contributed by atoms with E-state index in [9.17, 15) is 8.42 Å². The number of pyridine rings is 2. The van der Waals surface area contributed by atoms with Crippen molar-refractivity contribution in [3.8, 4) is 0 Å². The van der Waals surface area contributed by atoms with E-state index in [0.29, 0.717) is 5.69 Å². The normalized spacial score (nSPS) is 13.0. The second-order valence-electron chi connectivity index (χ2n) is 11.6. The number of rotatable bonds is 7. The predicted molar refractivity (Wildman–Crippen MR) is 200 cm³/mol. The van der Waals surface area contributed by atoms with Gasteiger partial charge in [-0.1, -0.05) is 36.4 Å². The summed E-state index contributed by atoms with van der Waals surface area (Å²) < 4.78 is 32.5. The zero-order chi connectivity index (χ0) is 32.8. The van der Waals surface area contributed by atoms with Crippen LogP contribution in [0, 0.1) is 6.92 Å². The number of hydrogen-bond acceptors (Lipinski definition) is 4. The zero-order valence-electron chi connectivity index (χ0n) is 27.1. The summed E-state index contributed by atoms with van der Waals surface area (Å²) in [5, 5.41) is 0. The van der Waals surface area contributed by atoms with E-state index in [4.69, 9.17) is 0 Å². The molecule has 2 heterocycles. The van der Waals surface area contributed by atoms with Gasteiger partial charge in [-0.2, -0.15) is 29.0 Å². The van der Waals surface area contributed by atoms with Crippen LogP contribution in [0.3, 0.4) is 0 Å². The van der Waals surface area contributed by atoms with Crippen molar-refractivity contribution in [2.45, 2.75) is 63.5 Å². The minimum absolute atomic E-state index is 0. The van der Waals surface area contributed by atoms with E-state index in [0.717, 1.165) is 26.6 Å². The van der Waals surface area contributed by atoms with E-state index in [-0.39, 0.29) is 51.0 Å². The summed E-state index contributed by atoms with van der Waals surface area (Å²) in [6, 6.07) is 27.6. The van der Waals surface area contributed by atoms with Gasteiger partial charge in [0, 0.05) is 21.3 Å². The van der Waals surface area contributed by atoms with Crippen molar-refractivity contribution in [3.05, 3.63) is 136 Å². The quantitative estimate of drug-likeness (QED) is 0.154. The Labute approximate surface area is 319 Å². The summed E-state index contributed by atoms with van der Waals surface area (Å²) in [7, 11) is -2.37. The average Bonchev–Trinajstić information content (AvgIpc) is 2.97. The summed E-state index contributed by atoms with van der Waals surface area (Å²) in [4.78, 5) is 8.57. The van der Waals surface area contributed by atoms with Gasteiger partial charge in [-0.25, -0.2) is 13.1 Å². The third kappa shape index (κ3) is 18.2. The van der Waals surface area contributed by atoms with Gasteiger partial charge in [0.2, 0.25) is 0 Å². The van der Waals surface area contributed by atoms with Crippen molar-refractivity contribution >= 4 is 83.1 Å². The van der Waals surface area contributed by atoms with E-state index in [2.05, 4.69) is 70.0 Å². The van der Waals surface area contributed by atoms with E-state index in [1.54, 1.807) is 12.4 Å². The van der Waals surface area contributed by atoms with Crippen molar-refractivity contribution in [3.63, 3.8) is 0 Å². The maximum absolute atomic E-state index is 12.5. The molecule has 0 unspecified atom stereocenters. The standard InChI is InChI=1S/C17H21BrN2OS.C10H13BrN2OS.C7H7.ClH.Mg/c1-17(2,3)22(21)20-16(11-13-7-5-4-6-8-13)15-10-9-14(18)12-19-15;1-10(2,3)15(14)13-7-9-5-4-8(11)6-12-9;1-7-5-3-2-4-6-7;;/h4-10,12,16,20H,11H2,1-3H3;4-7H,1-3H3;2-6H,1H2;1H;/q;;-1;;+2/p-1/t16-,22-;15-;;;/m00.../s1. The fraction of sp³-hybridized carbons (Fsp3) is 0.294. The number of hydrogen-bond donors (Lipinski definition) is 1. The first-order chi connectivity index (χ1) is 20.6. The van der Waals surface area contributed by atoms with Crippen LogP contribution in [0.25, 0.3) is 0 Å². The fourth-order valence-corrected chi connectivity index (χ4v) is 4.96. The van der Waals surface area contributed by atoms with Crippen molar-refractivity contribution in [1.82, 2.24) is 14.7 Å². The molecule has 0 radical (unpaired) electrons. The molecule has 1 N–H and O–H groups in total. The van der Waals surface area contributed by atoms with Gasteiger partial charge in [0.1, 0.15) is 11.0 Å².